The average Bonchev–Trinajstić information content (AvgIpc) is 2.85. The van der Waals surface area contributed by atoms with E-state index < -0.39 is 0 Å². The first kappa shape index (κ1) is 18.8. The van der Waals surface area contributed by atoms with Crippen LogP contribution in [0.15, 0.2) is 103 Å². The molecule has 0 aliphatic heterocycles. The van der Waals surface area contributed by atoms with Gasteiger partial charge in [0.15, 0.2) is 0 Å². The van der Waals surface area contributed by atoms with Gasteiger partial charge in [-0.1, -0.05) is 109 Å². The van der Waals surface area contributed by atoms with Crippen LogP contribution in [0.1, 0.15) is 18.1 Å². The second-order valence-corrected chi connectivity index (χ2v) is 8.47. The molecule has 0 nitrogen and oxygen atoms in total. The van der Waals surface area contributed by atoms with E-state index in [1.807, 2.05) is 0 Å². The molecule has 0 heterocycles. The standard InChI is InChI=1S/C32H24/c1-3-12-24-25-15-6-10-19-29(25)32(30-20-11-7-16-26(24)30)31-27-17-8-4-13-22(27)21(2)23-14-5-9-18-28(23)31/h3-20H,1-2H3/b12-3+. The maximum atomic E-state index is 2.29. The Balaban J connectivity index is 1.95. The van der Waals surface area contributed by atoms with Crippen LogP contribution < -0.4 is 0 Å². The summed E-state index contributed by atoms with van der Waals surface area (Å²) in [6.07, 6.45) is 4.39. The van der Waals surface area contributed by atoms with Crippen molar-refractivity contribution in [3.8, 4) is 11.1 Å². The normalized spacial score (nSPS) is 11.9. The lowest BCUT2D eigenvalue weighted by atomic mass is 9.83. The smallest absolute Gasteiger partial charge is 0.00139 e. The van der Waals surface area contributed by atoms with Gasteiger partial charge in [-0.3, -0.25) is 0 Å². The van der Waals surface area contributed by atoms with Crippen molar-refractivity contribution in [2.75, 3.05) is 0 Å². The monoisotopic (exact) mass is 408 g/mol. The minimum absolute atomic E-state index is 1.29. The van der Waals surface area contributed by atoms with Crippen molar-refractivity contribution >= 4 is 49.2 Å². The summed E-state index contributed by atoms with van der Waals surface area (Å²) in [5, 5.41) is 10.5. The molecule has 0 aliphatic rings. The molecule has 0 amide bonds. The topological polar surface area (TPSA) is 0 Å². The summed E-state index contributed by atoms with van der Waals surface area (Å²) >= 11 is 0. The number of hydrogen-bond donors (Lipinski definition) is 0. The number of allylic oxidation sites excluding steroid dienone is 1. The van der Waals surface area contributed by atoms with E-state index >= 15 is 0 Å². The fraction of sp³-hybridized carbons (Fsp3) is 0.0625. The molecule has 32 heavy (non-hydrogen) atoms. The molecule has 6 aromatic carbocycles. The predicted molar refractivity (Wildman–Crippen MR) is 141 cm³/mol. The Morgan fingerprint density at radius 2 is 0.750 bits per heavy atom. The van der Waals surface area contributed by atoms with Gasteiger partial charge in [0.1, 0.15) is 0 Å². The van der Waals surface area contributed by atoms with Crippen LogP contribution in [0, 0.1) is 6.92 Å². The summed E-state index contributed by atoms with van der Waals surface area (Å²) < 4.78 is 0. The van der Waals surface area contributed by atoms with Crippen LogP contribution in [-0.4, -0.2) is 0 Å². The van der Waals surface area contributed by atoms with E-state index in [1.54, 1.807) is 0 Å². The van der Waals surface area contributed by atoms with E-state index in [0.717, 1.165) is 0 Å². The molecular weight excluding hydrogens is 384 g/mol. The molecule has 0 fully saturated rings. The highest BCUT2D eigenvalue weighted by molar-refractivity contribution is 6.25. The lowest BCUT2D eigenvalue weighted by Crippen LogP contribution is -1.93. The first-order chi connectivity index (χ1) is 15.8. The molecule has 6 aromatic rings. The van der Waals surface area contributed by atoms with E-state index in [-0.39, 0.29) is 0 Å². The highest BCUT2D eigenvalue weighted by atomic mass is 14.2. The second-order valence-electron chi connectivity index (χ2n) is 8.47. The van der Waals surface area contributed by atoms with Crippen molar-refractivity contribution in [3.05, 3.63) is 114 Å². The number of fused-ring (bicyclic) bond motifs is 4. The predicted octanol–water partition coefficient (Wildman–Crippen LogP) is 9.31. The van der Waals surface area contributed by atoms with E-state index in [1.165, 1.54) is 65.3 Å². The van der Waals surface area contributed by atoms with E-state index in [2.05, 4.69) is 123 Å². The van der Waals surface area contributed by atoms with Gasteiger partial charge in [0, 0.05) is 0 Å². The Bertz CT molecular complexity index is 1570. The molecule has 0 unspecified atom stereocenters. The van der Waals surface area contributed by atoms with Crippen LogP contribution in [0.5, 0.6) is 0 Å². The van der Waals surface area contributed by atoms with Gasteiger partial charge in [0.25, 0.3) is 0 Å². The zero-order valence-electron chi connectivity index (χ0n) is 18.4. The lowest BCUT2D eigenvalue weighted by Gasteiger charge is -2.20. The Hall–Kier alpha value is -3.90. The van der Waals surface area contributed by atoms with Gasteiger partial charge < -0.3 is 0 Å². The van der Waals surface area contributed by atoms with Gasteiger partial charge in [-0.15, -0.1) is 0 Å². The maximum absolute atomic E-state index is 2.29. The summed E-state index contributed by atoms with van der Waals surface area (Å²) in [7, 11) is 0. The number of benzene rings is 6. The summed E-state index contributed by atoms with van der Waals surface area (Å²) in [4.78, 5) is 0. The Morgan fingerprint density at radius 1 is 0.438 bits per heavy atom. The maximum Gasteiger partial charge on any atom is -0.00139 e. The third-order valence-corrected chi connectivity index (χ3v) is 6.76. The Kier molecular flexibility index (Phi) is 4.33. The van der Waals surface area contributed by atoms with Crippen molar-refractivity contribution in [1.82, 2.24) is 0 Å². The van der Waals surface area contributed by atoms with Crippen LogP contribution in [0.25, 0.3) is 60.3 Å². The number of hydrogen-bond acceptors (Lipinski definition) is 0. The van der Waals surface area contributed by atoms with E-state index in [4.69, 9.17) is 0 Å². The van der Waals surface area contributed by atoms with E-state index in [9.17, 15) is 0 Å². The van der Waals surface area contributed by atoms with Crippen molar-refractivity contribution in [1.29, 1.82) is 0 Å². The summed E-state index contributed by atoms with van der Waals surface area (Å²) in [6, 6.07) is 35.5. The molecule has 0 saturated carbocycles. The Morgan fingerprint density at radius 3 is 1.12 bits per heavy atom. The van der Waals surface area contributed by atoms with Gasteiger partial charge in [-0.25, -0.2) is 0 Å². The number of rotatable bonds is 2. The molecule has 0 aliphatic carbocycles. The molecule has 0 aromatic heterocycles. The quantitative estimate of drug-likeness (QED) is 0.250. The molecule has 0 radical (unpaired) electrons. The number of aryl methyl sites for hydroxylation is 1. The molecule has 152 valence electrons. The molecular formula is C32H24. The zero-order valence-corrected chi connectivity index (χ0v) is 18.4. The summed E-state index contributed by atoms with van der Waals surface area (Å²) in [5.41, 5.74) is 5.31. The first-order valence-corrected chi connectivity index (χ1v) is 11.3. The highest BCUT2D eigenvalue weighted by Crippen LogP contribution is 2.46. The Labute approximate surface area is 188 Å². The van der Waals surface area contributed by atoms with Gasteiger partial charge >= 0.3 is 0 Å². The zero-order chi connectivity index (χ0) is 21.7. The lowest BCUT2D eigenvalue weighted by molar-refractivity contribution is 1.58. The molecule has 0 spiro atoms. The van der Waals surface area contributed by atoms with Gasteiger partial charge in [0.2, 0.25) is 0 Å². The molecule has 0 N–H and O–H groups in total. The molecule has 6 rings (SSSR count). The third kappa shape index (κ3) is 2.63. The highest BCUT2D eigenvalue weighted by Gasteiger charge is 2.19. The largest absolute Gasteiger partial charge is 0.0870 e. The van der Waals surface area contributed by atoms with Gasteiger partial charge in [-0.2, -0.15) is 0 Å². The molecule has 0 bridgehead atoms. The minimum Gasteiger partial charge on any atom is -0.0870 e. The van der Waals surface area contributed by atoms with Crippen molar-refractivity contribution in [2.45, 2.75) is 13.8 Å². The van der Waals surface area contributed by atoms with Crippen molar-refractivity contribution in [2.24, 2.45) is 0 Å². The second kappa shape index (κ2) is 7.35. The van der Waals surface area contributed by atoms with Crippen LogP contribution >= 0.6 is 0 Å². The molecule has 0 atom stereocenters. The van der Waals surface area contributed by atoms with Crippen LogP contribution in [0.4, 0.5) is 0 Å². The summed E-state index contributed by atoms with van der Waals surface area (Å²) in [5.74, 6) is 0. The SMILES string of the molecule is C/C=C/c1c2ccccc2c(-c2c3ccccc3c(C)c3ccccc23)c2ccccc12. The van der Waals surface area contributed by atoms with Gasteiger partial charge in [-0.05, 0) is 79.2 Å². The van der Waals surface area contributed by atoms with Crippen molar-refractivity contribution < 1.29 is 0 Å². The molecule has 0 saturated heterocycles. The first-order valence-electron chi connectivity index (χ1n) is 11.3. The minimum atomic E-state index is 1.29. The van der Waals surface area contributed by atoms with E-state index in [0.29, 0.717) is 0 Å². The fourth-order valence-corrected chi connectivity index (χ4v) is 5.39. The van der Waals surface area contributed by atoms with Crippen LogP contribution in [-0.2, 0) is 0 Å². The molecule has 0 heteroatoms. The van der Waals surface area contributed by atoms with Crippen molar-refractivity contribution in [3.63, 3.8) is 0 Å². The van der Waals surface area contributed by atoms with Crippen LogP contribution in [0.2, 0.25) is 0 Å². The van der Waals surface area contributed by atoms with Gasteiger partial charge in [0.05, 0.1) is 0 Å². The van der Waals surface area contributed by atoms with Crippen LogP contribution in [0.3, 0.4) is 0 Å². The third-order valence-electron chi connectivity index (χ3n) is 6.76. The summed E-state index contributed by atoms with van der Waals surface area (Å²) in [6.45, 7) is 4.35. The average molecular weight is 409 g/mol. The fourth-order valence-electron chi connectivity index (χ4n) is 5.39.